The molecule has 3 nitrogen and oxygen atoms in total. The molecule has 0 bridgehead atoms. The Morgan fingerprint density at radius 2 is 1.36 bits per heavy atom. The Labute approximate surface area is 168 Å². The zero-order valence-corrected chi connectivity index (χ0v) is 16.5. The number of hydrogen-bond donors (Lipinski definition) is 1. The van der Waals surface area contributed by atoms with Crippen LogP contribution in [0.15, 0.2) is 90.0 Å². The summed E-state index contributed by atoms with van der Waals surface area (Å²) in [4.78, 5) is 0. The zero-order chi connectivity index (χ0) is 19.4. The highest BCUT2D eigenvalue weighted by molar-refractivity contribution is 6.13. The summed E-state index contributed by atoms with van der Waals surface area (Å²) in [6, 6.07) is 28.4. The molecule has 3 aromatic carbocycles. The maximum Gasteiger partial charge on any atom is 0.119 e. The van der Waals surface area contributed by atoms with Crippen LogP contribution in [-0.4, -0.2) is 12.3 Å². The first-order chi connectivity index (χ1) is 13.9. The van der Waals surface area contributed by atoms with Gasteiger partial charge in [-0.2, -0.15) is 5.10 Å². The van der Waals surface area contributed by atoms with Crippen LogP contribution in [0.3, 0.4) is 0 Å². The van der Waals surface area contributed by atoms with Gasteiger partial charge >= 0.3 is 0 Å². The van der Waals surface area contributed by atoms with Crippen molar-refractivity contribution in [3.8, 4) is 5.75 Å². The van der Waals surface area contributed by atoms with Crippen molar-refractivity contribution in [1.29, 1.82) is 0 Å². The second-order valence-corrected chi connectivity index (χ2v) is 6.74. The van der Waals surface area contributed by atoms with Crippen LogP contribution in [-0.2, 0) is 0 Å². The average Bonchev–Trinajstić information content (AvgIpc) is 2.76. The van der Waals surface area contributed by atoms with E-state index in [9.17, 15) is 0 Å². The Balaban J connectivity index is 1.66. The van der Waals surface area contributed by atoms with E-state index in [4.69, 9.17) is 4.74 Å². The van der Waals surface area contributed by atoms with Gasteiger partial charge in [-0.3, -0.25) is 5.43 Å². The van der Waals surface area contributed by atoms with E-state index in [1.807, 2.05) is 60.7 Å². The minimum absolute atomic E-state index is 0.775. The number of benzene rings is 3. The van der Waals surface area contributed by atoms with Gasteiger partial charge in [-0.1, -0.05) is 86.8 Å². The summed E-state index contributed by atoms with van der Waals surface area (Å²) >= 11 is 0. The number of anilines is 1. The molecule has 0 unspecified atom stereocenters. The van der Waals surface area contributed by atoms with Gasteiger partial charge in [0.15, 0.2) is 0 Å². The lowest BCUT2D eigenvalue weighted by molar-refractivity contribution is 0.305. The van der Waals surface area contributed by atoms with Gasteiger partial charge in [0, 0.05) is 11.1 Å². The lowest BCUT2D eigenvalue weighted by Crippen LogP contribution is -2.06. The summed E-state index contributed by atoms with van der Waals surface area (Å²) in [5, 5.41) is 4.69. The van der Waals surface area contributed by atoms with Gasteiger partial charge in [0.1, 0.15) is 5.75 Å². The van der Waals surface area contributed by atoms with Crippen molar-refractivity contribution in [2.75, 3.05) is 12.0 Å². The first-order valence-corrected chi connectivity index (χ1v) is 10.0. The molecule has 0 fully saturated rings. The minimum atomic E-state index is 0.775. The van der Waals surface area contributed by atoms with E-state index in [1.165, 1.54) is 19.3 Å². The van der Waals surface area contributed by atoms with Gasteiger partial charge < -0.3 is 4.74 Å². The number of hydrogen-bond acceptors (Lipinski definition) is 3. The van der Waals surface area contributed by atoms with Crippen LogP contribution in [0.25, 0.3) is 0 Å². The number of unbranched alkanes of at least 4 members (excludes halogenated alkanes) is 3. The molecule has 0 spiro atoms. The molecule has 0 aliphatic carbocycles. The monoisotopic (exact) mass is 372 g/mol. The largest absolute Gasteiger partial charge is 0.494 e. The molecule has 0 saturated carbocycles. The van der Waals surface area contributed by atoms with E-state index in [0.29, 0.717) is 0 Å². The fourth-order valence-corrected chi connectivity index (χ4v) is 2.95. The average molecular weight is 373 g/mol. The van der Waals surface area contributed by atoms with Gasteiger partial charge in [-0.25, -0.2) is 0 Å². The second-order valence-electron chi connectivity index (χ2n) is 6.74. The standard InChI is InChI=1S/C25H28N2O/c1-2-3-4-11-20-28-24-18-16-23(17-19-24)26-27-25(21-12-7-5-8-13-21)22-14-9-6-10-15-22/h5-10,12-19,26H,2-4,11,20H2,1H3. The van der Waals surface area contributed by atoms with E-state index in [-0.39, 0.29) is 0 Å². The lowest BCUT2D eigenvalue weighted by Gasteiger charge is -2.10. The first-order valence-electron chi connectivity index (χ1n) is 10.0. The maximum atomic E-state index is 5.81. The van der Waals surface area contributed by atoms with Crippen LogP contribution in [0.1, 0.15) is 43.7 Å². The quantitative estimate of drug-likeness (QED) is 0.250. The summed E-state index contributed by atoms with van der Waals surface area (Å²) in [5.74, 6) is 0.900. The third kappa shape index (κ3) is 5.98. The molecule has 3 aromatic rings. The van der Waals surface area contributed by atoms with Gasteiger partial charge in [-0.05, 0) is 30.7 Å². The molecule has 0 aromatic heterocycles. The summed E-state index contributed by atoms with van der Waals surface area (Å²) in [5.41, 5.74) is 7.19. The van der Waals surface area contributed by atoms with E-state index < -0.39 is 0 Å². The summed E-state index contributed by atoms with van der Waals surface area (Å²) in [7, 11) is 0. The molecule has 144 valence electrons. The van der Waals surface area contributed by atoms with Crippen molar-refractivity contribution < 1.29 is 4.74 Å². The van der Waals surface area contributed by atoms with Gasteiger partial charge in [0.2, 0.25) is 0 Å². The normalized spacial score (nSPS) is 10.3. The molecule has 0 saturated heterocycles. The Bertz CT molecular complexity index is 801. The van der Waals surface area contributed by atoms with Crippen molar-refractivity contribution in [1.82, 2.24) is 0 Å². The Morgan fingerprint density at radius 1 is 0.750 bits per heavy atom. The molecule has 0 aliphatic rings. The Kier molecular flexibility index (Phi) is 7.68. The van der Waals surface area contributed by atoms with Crippen LogP contribution in [0.2, 0.25) is 0 Å². The molecule has 3 heteroatoms. The Hall–Kier alpha value is -3.07. The van der Waals surface area contributed by atoms with Crippen LogP contribution >= 0.6 is 0 Å². The van der Waals surface area contributed by atoms with E-state index >= 15 is 0 Å². The number of nitrogens with one attached hydrogen (secondary N) is 1. The summed E-state index contributed by atoms with van der Waals surface area (Å²) < 4.78 is 5.81. The van der Waals surface area contributed by atoms with Crippen molar-refractivity contribution in [3.63, 3.8) is 0 Å². The molecule has 3 rings (SSSR count). The fourth-order valence-electron chi connectivity index (χ4n) is 2.95. The van der Waals surface area contributed by atoms with Gasteiger partial charge in [0.25, 0.3) is 0 Å². The van der Waals surface area contributed by atoms with Crippen LogP contribution in [0.5, 0.6) is 5.75 Å². The van der Waals surface area contributed by atoms with Crippen molar-refractivity contribution in [2.24, 2.45) is 5.10 Å². The molecule has 0 heterocycles. The predicted octanol–water partition coefficient (Wildman–Crippen LogP) is 6.51. The molecular formula is C25H28N2O. The maximum absolute atomic E-state index is 5.81. The molecule has 28 heavy (non-hydrogen) atoms. The topological polar surface area (TPSA) is 33.6 Å². The number of hydrazone groups is 1. The molecule has 0 amide bonds. The molecule has 0 atom stereocenters. The lowest BCUT2D eigenvalue weighted by atomic mass is 10.0. The Morgan fingerprint density at radius 3 is 1.93 bits per heavy atom. The SMILES string of the molecule is CCCCCCOc1ccc(NN=C(c2ccccc2)c2ccccc2)cc1. The van der Waals surface area contributed by atoms with Gasteiger partial charge in [0.05, 0.1) is 18.0 Å². The highest BCUT2D eigenvalue weighted by Crippen LogP contribution is 2.17. The minimum Gasteiger partial charge on any atom is -0.494 e. The summed E-state index contributed by atoms with van der Waals surface area (Å²) in [6.45, 7) is 2.99. The van der Waals surface area contributed by atoms with E-state index in [2.05, 4.69) is 41.7 Å². The second kappa shape index (κ2) is 10.9. The third-order valence-corrected chi connectivity index (χ3v) is 4.51. The zero-order valence-electron chi connectivity index (χ0n) is 16.5. The number of nitrogens with zero attached hydrogens (tertiary/aromatic N) is 1. The fraction of sp³-hybridized carbons (Fsp3) is 0.240. The predicted molar refractivity (Wildman–Crippen MR) is 118 cm³/mol. The van der Waals surface area contributed by atoms with Crippen molar-refractivity contribution >= 4 is 11.4 Å². The smallest absolute Gasteiger partial charge is 0.119 e. The van der Waals surface area contributed by atoms with Crippen molar-refractivity contribution in [2.45, 2.75) is 32.6 Å². The molecular weight excluding hydrogens is 344 g/mol. The molecule has 0 aliphatic heterocycles. The summed E-state index contributed by atoms with van der Waals surface area (Å²) in [6.07, 6.45) is 4.85. The highest BCUT2D eigenvalue weighted by Gasteiger charge is 2.06. The molecule has 0 radical (unpaired) electrons. The third-order valence-electron chi connectivity index (χ3n) is 4.51. The number of rotatable bonds is 10. The van der Waals surface area contributed by atoms with E-state index in [1.54, 1.807) is 0 Å². The van der Waals surface area contributed by atoms with Crippen LogP contribution in [0.4, 0.5) is 5.69 Å². The first kappa shape index (κ1) is 19.7. The van der Waals surface area contributed by atoms with Crippen LogP contribution < -0.4 is 10.2 Å². The van der Waals surface area contributed by atoms with E-state index in [0.717, 1.165) is 41.3 Å². The van der Waals surface area contributed by atoms with Gasteiger partial charge in [-0.15, -0.1) is 0 Å². The van der Waals surface area contributed by atoms with Crippen molar-refractivity contribution in [3.05, 3.63) is 96.1 Å². The highest BCUT2D eigenvalue weighted by atomic mass is 16.5. The molecule has 1 N–H and O–H groups in total. The van der Waals surface area contributed by atoms with Crippen LogP contribution in [0, 0.1) is 0 Å². The number of ether oxygens (including phenoxy) is 1.